The van der Waals surface area contributed by atoms with Crippen molar-refractivity contribution < 1.29 is 9.15 Å². The molecule has 0 amide bonds. The Bertz CT molecular complexity index is 496. The van der Waals surface area contributed by atoms with Crippen LogP contribution in [-0.4, -0.2) is 16.9 Å². The Morgan fingerprint density at radius 3 is 2.89 bits per heavy atom. The van der Waals surface area contributed by atoms with E-state index in [1.165, 1.54) is 0 Å². The molecule has 0 aliphatic heterocycles. The smallest absolute Gasteiger partial charge is 0.162 e. The molecular formula is C12H18N4O2. The number of hydrazine groups is 1. The summed E-state index contributed by atoms with van der Waals surface area (Å²) < 4.78 is 12.7. The monoisotopic (exact) mass is 250 g/mol. The zero-order valence-corrected chi connectivity index (χ0v) is 10.8. The van der Waals surface area contributed by atoms with E-state index in [0.717, 1.165) is 23.6 Å². The van der Waals surface area contributed by atoms with Gasteiger partial charge in [-0.05, 0) is 25.5 Å². The molecule has 6 nitrogen and oxygen atoms in total. The van der Waals surface area contributed by atoms with Crippen LogP contribution < -0.4 is 16.0 Å². The lowest BCUT2D eigenvalue weighted by atomic mass is 10.1. The van der Waals surface area contributed by atoms with Crippen molar-refractivity contribution >= 4 is 0 Å². The van der Waals surface area contributed by atoms with Gasteiger partial charge in [0.2, 0.25) is 0 Å². The number of furan rings is 1. The molecule has 0 saturated heterocycles. The zero-order valence-electron chi connectivity index (χ0n) is 10.8. The largest absolute Gasteiger partial charge is 0.493 e. The van der Waals surface area contributed by atoms with E-state index in [0.29, 0.717) is 5.75 Å². The van der Waals surface area contributed by atoms with Crippen LogP contribution >= 0.6 is 0 Å². The molecule has 98 valence electrons. The van der Waals surface area contributed by atoms with E-state index >= 15 is 0 Å². The average Bonchev–Trinajstić information content (AvgIpc) is 2.98. The summed E-state index contributed by atoms with van der Waals surface area (Å²) in [4.78, 5) is 0. The van der Waals surface area contributed by atoms with Gasteiger partial charge in [-0.3, -0.25) is 10.5 Å². The summed E-state index contributed by atoms with van der Waals surface area (Å²) in [6.45, 7) is 4.72. The van der Waals surface area contributed by atoms with Crippen LogP contribution in [0.4, 0.5) is 0 Å². The predicted molar refractivity (Wildman–Crippen MR) is 67.1 cm³/mol. The molecule has 0 spiro atoms. The maximum absolute atomic E-state index is 5.66. The first-order valence-electron chi connectivity index (χ1n) is 5.82. The highest BCUT2D eigenvalue weighted by Crippen LogP contribution is 2.31. The molecule has 2 aromatic rings. The molecule has 18 heavy (non-hydrogen) atoms. The Hall–Kier alpha value is -1.79. The number of aromatic nitrogens is 2. The third-order valence-corrected chi connectivity index (χ3v) is 2.97. The quantitative estimate of drug-likeness (QED) is 0.619. The molecule has 2 aromatic heterocycles. The minimum Gasteiger partial charge on any atom is -0.493 e. The standard InChI is InChI=1S/C12H18N4O2/c1-4-16-11(9(17-3)7-14-16)10(15-13)12-8(2)5-6-18-12/h5-7,10,15H,4,13H2,1-3H3. The number of nitrogens with zero attached hydrogens (tertiary/aromatic N) is 2. The SMILES string of the molecule is CCn1ncc(OC)c1C(NN)c1occc1C. The van der Waals surface area contributed by atoms with Gasteiger partial charge in [-0.2, -0.15) is 5.10 Å². The molecule has 6 heteroatoms. The van der Waals surface area contributed by atoms with E-state index in [2.05, 4.69) is 10.5 Å². The molecule has 2 heterocycles. The lowest BCUT2D eigenvalue weighted by molar-refractivity contribution is 0.383. The fourth-order valence-corrected chi connectivity index (χ4v) is 2.04. The topological polar surface area (TPSA) is 78.2 Å². The van der Waals surface area contributed by atoms with Crippen molar-refractivity contribution in [2.24, 2.45) is 5.84 Å². The zero-order chi connectivity index (χ0) is 13.1. The Kier molecular flexibility index (Phi) is 3.69. The van der Waals surface area contributed by atoms with E-state index < -0.39 is 0 Å². The van der Waals surface area contributed by atoms with Gasteiger partial charge >= 0.3 is 0 Å². The Labute approximate surface area is 106 Å². The van der Waals surface area contributed by atoms with Gasteiger partial charge in [0.15, 0.2) is 5.75 Å². The van der Waals surface area contributed by atoms with Crippen LogP contribution in [-0.2, 0) is 6.54 Å². The second-order valence-electron chi connectivity index (χ2n) is 3.98. The van der Waals surface area contributed by atoms with Gasteiger partial charge < -0.3 is 9.15 Å². The Morgan fingerprint density at radius 2 is 2.39 bits per heavy atom. The van der Waals surface area contributed by atoms with Crippen LogP contribution in [0.3, 0.4) is 0 Å². The molecular weight excluding hydrogens is 232 g/mol. The van der Waals surface area contributed by atoms with Gasteiger partial charge in [0.1, 0.15) is 17.5 Å². The number of rotatable bonds is 5. The van der Waals surface area contributed by atoms with E-state index in [-0.39, 0.29) is 6.04 Å². The number of ether oxygens (including phenoxy) is 1. The predicted octanol–water partition coefficient (Wildman–Crippen LogP) is 1.37. The van der Waals surface area contributed by atoms with Gasteiger partial charge in [-0.15, -0.1) is 0 Å². The van der Waals surface area contributed by atoms with Crippen molar-refractivity contribution in [1.82, 2.24) is 15.2 Å². The molecule has 0 aliphatic carbocycles. The van der Waals surface area contributed by atoms with Gasteiger partial charge in [0, 0.05) is 6.54 Å². The van der Waals surface area contributed by atoms with Gasteiger partial charge in [-0.1, -0.05) is 0 Å². The minimum absolute atomic E-state index is 0.280. The first kappa shape index (κ1) is 12.7. The van der Waals surface area contributed by atoms with Crippen molar-refractivity contribution in [2.75, 3.05) is 7.11 Å². The first-order valence-corrected chi connectivity index (χ1v) is 5.82. The van der Waals surface area contributed by atoms with Gasteiger partial charge in [0.05, 0.1) is 19.6 Å². The highest BCUT2D eigenvalue weighted by Gasteiger charge is 2.25. The molecule has 0 aromatic carbocycles. The second-order valence-corrected chi connectivity index (χ2v) is 3.98. The fraction of sp³-hybridized carbons (Fsp3) is 0.417. The molecule has 0 radical (unpaired) electrons. The number of nitrogens with two attached hydrogens (primary N) is 1. The number of hydrogen-bond donors (Lipinski definition) is 2. The average molecular weight is 250 g/mol. The number of hydrogen-bond acceptors (Lipinski definition) is 5. The lowest BCUT2D eigenvalue weighted by Crippen LogP contribution is -2.31. The van der Waals surface area contributed by atoms with Gasteiger partial charge in [-0.25, -0.2) is 5.43 Å². The highest BCUT2D eigenvalue weighted by molar-refractivity contribution is 5.35. The van der Waals surface area contributed by atoms with Crippen molar-refractivity contribution in [3.05, 3.63) is 35.5 Å². The van der Waals surface area contributed by atoms with Crippen LogP contribution in [0.5, 0.6) is 5.75 Å². The molecule has 0 fully saturated rings. The normalized spacial score (nSPS) is 12.7. The van der Waals surface area contributed by atoms with E-state index in [4.69, 9.17) is 15.0 Å². The maximum atomic E-state index is 5.66. The van der Waals surface area contributed by atoms with Crippen LogP contribution in [0.2, 0.25) is 0 Å². The summed E-state index contributed by atoms with van der Waals surface area (Å²) in [5.74, 6) is 7.12. The van der Waals surface area contributed by atoms with Gasteiger partial charge in [0.25, 0.3) is 0 Å². The fourth-order valence-electron chi connectivity index (χ4n) is 2.04. The highest BCUT2D eigenvalue weighted by atomic mass is 16.5. The van der Waals surface area contributed by atoms with E-state index in [1.807, 2.05) is 24.6 Å². The van der Waals surface area contributed by atoms with E-state index in [1.54, 1.807) is 19.6 Å². The lowest BCUT2D eigenvalue weighted by Gasteiger charge is -2.17. The summed E-state index contributed by atoms with van der Waals surface area (Å²) in [5, 5.41) is 4.27. The van der Waals surface area contributed by atoms with Crippen molar-refractivity contribution in [3.8, 4) is 5.75 Å². The minimum atomic E-state index is -0.280. The molecule has 1 atom stereocenters. The molecule has 2 rings (SSSR count). The molecule has 0 aliphatic rings. The first-order chi connectivity index (χ1) is 8.72. The molecule has 1 unspecified atom stereocenters. The van der Waals surface area contributed by atoms with Crippen LogP contribution in [0.1, 0.15) is 30.0 Å². The van der Waals surface area contributed by atoms with Crippen molar-refractivity contribution in [2.45, 2.75) is 26.4 Å². The van der Waals surface area contributed by atoms with Crippen molar-refractivity contribution in [1.29, 1.82) is 0 Å². The molecule has 0 saturated carbocycles. The summed E-state index contributed by atoms with van der Waals surface area (Å²) in [7, 11) is 1.61. The Balaban J connectivity index is 2.50. The third kappa shape index (κ3) is 2.00. The number of nitrogens with one attached hydrogen (secondary N) is 1. The maximum Gasteiger partial charge on any atom is 0.162 e. The van der Waals surface area contributed by atoms with Crippen LogP contribution in [0.25, 0.3) is 0 Å². The van der Waals surface area contributed by atoms with E-state index in [9.17, 15) is 0 Å². The number of aryl methyl sites for hydroxylation is 2. The van der Waals surface area contributed by atoms with Crippen molar-refractivity contribution in [3.63, 3.8) is 0 Å². The van der Waals surface area contributed by atoms with Crippen LogP contribution in [0.15, 0.2) is 22.9 Å². The summed E-state index contributed by atoms with van der Waals surface area (Å²) in [6, 6.07) is 1.62. The third-order valence-electron chi connectivity index (χ3n) is 2.97. The second kappa shape index (κ2) is 5.24. The Morgan fingerprint density at radius 1 is 1.61 bits per heavy atom. The summed E-state index contributed by atoms with van der Waals surface area (Å²) in [5.41, 5.74) is 4.66. The summed E-state index contributed by atoms with van der Waals surface area (Å²) in [6.07, 6.45) is 3.33. The number of methoxy groups -OCH3 is 1. The summed E-state index contributed by atoms with van der Waals surface area (Å²) >= 11 is 0. The molecule has 3 N–H and O–H groups in total. The van der Waals surface area contributed by atoms with Crippen LogP contribution in [0, 0.1) is 6.92 Å². The molecule has 0 bridgehead atoms.